The standard InChI is InChI=1S/C52H30N4OS/c1-3-12-31(13-4-1)32-22-24-34(25-23-32)50-54-51(56-52(55-50)39-18-11-20-43-46(39)36-16-7-9-19-42(36)57-43)35-26-28-41-40(30-35)47-38(49(53-41)33-14-5-2-6-15-33)27-29-45-48(47)37-17-8-10-21-44(37)58-45/h1-30H. The number of thiophene rings is 1. The molecule has 12 rings (SSSR count). The summed E-state index contributed by atoms with van der Waals surface area (Å²) in [6.07, 6.45) is 0. The molecule has 4 heterocycles. The van der Waals surface area contributed by atoms with Gasteiger partial charge < -0.3 is 4.42 Å². The van der Waals surface area contributed by atoms with Crippen LogP contribution < -0.4 is 0 Å². The van der Waals surface area contributed by atoms with E-state index in [9.17, 15) is 0 Å². The minimum absolute atomic E-state index is 0.581. The first-order chi connectivity index (χ1) is 28.7. The molecule has 8 aromatic carbocycles. The first kappa shape index (κ1) is 32.7. The molecule has 0 aliphatic rings. The van der Waals surface area contributed by atoms with Crippen LogP contribution in [0.1, 0.15) is 0 Å². The molecule has 0 N–H and O–H groups in total. The first-order valence-corrected chi connectivity index (χ1v) is 20.1. The SMILES string of the molecule is c1ccc(-c2ccc(-c3nc(-c4ccc5nc(-c6ccccc6)c6ccc7sc8ccccc8c7c6c5c4)nc(-c4cccc5oc6ccccc6c45)n3)cc2)cc1. The molecule has 0 atom stereocenters. The van der Waals surface area contributed by atoms with Gasteiger partial charge in [-0.25, -0.2) is 19.9 Å². The number of pyridine rings is 1. The van der Waals surface area contributed by atoms with Crippen LogP contribution >= 0.6 is 11.3 Å². The highest BCUT2D eigenvalue weighted by molar-refractivity contribution is 7.26. The highest BCUT2D eigenvalue weighted by Crippen LogP contribution is 2.44. The third kappa shape index (κ3) is 5.23. The number of hydrogen-bond donors (Lipinski definition) is 0. The summed E-state index contributed by atoms with van der Waals surface area (Å²) in [6.45, 7) is 0. The van der Waals surface area contributed by atoms with Crippen LogP contribution in [0.15, 0.2) is 186 Å². The van der Waals surface area contributed by atoms with Crippen molar-refractivity contribution < 1.29 is 4.42 Å². The maximum Gasteiger partial charge on any atom is 0.164 e. The largest absolute Gasteiger partial charge is 0.456 e. The van der Waals surface area contributed by atoms with Gasteiger partial charge >= 0.3 is 0 Å². The summed E-state index contributed by atoms with van der Waals surface area (Å²) in [5, 5.41) is 7.84. The lowest BCUT2D eigenvalue weighted by molar-refractivity contribution is 0.669. The molecule has 0 saturated carbocycles. The predicted octanol–water partition coefficient (Wildman–Crippen LogP) is 14.2. The van der Waals surface area contributed by atoms with E-state index in [2.05, 4.69) is 140 Å². The molecule has 0 fully saturated rings. The van der Waals surface area contributed by atoms with Crippen molar-refractivity contribution in [2.75, 3.05) is 0 Å². The van der Waals surface area contributed by atoms with Crippen molar-refractivity contribution >= 4 is 75.1 Å². The Morgan fingerprint density at radius 3 is 1.81 bits per heavy atom. The molecule has 0 aliphatic carbocycles. The number of para-hydroxylation sites is 1. The fraction of sp³-hybridized carbons (Fsp3) is 0. The summed E-state index contributed by atoms with van der Waals surface area (Å²) in [7, 11) is 0. The number of rotatable bonds is 5. The second-order valence-electron chi connectivity index (χ2n) is 14.5. The van der Waals surface area contributed by atoms with Gasteiger partial charge in [-0.05, 0) is 53.6 Å². The Kier molecular flexibility index (Phi) is 7.33. The van der Waals surface area contributed by atoms with Crippen LogP contribution in [0, 0.1) is 0 Å². The van der Waals surface area contributed by atoms with Crippen molar-refractivity contribution in [2.45, 2.75) is 0 Å². The quantitative estimate of drug-likeness (QED) is 0.164. The molecule has 0 radical (unpaired) electrons. The molecule has 4 aromatic heterocycles. The summed E-state index contributed by atoms with van der Waals surface area (Å²) >= 11 is 1.83. The average Bonchev–Trinajstić information content (AvgIpc) is 3.88. The molecule has 0 unspecified atom stereocenters. The number of nitrogens with zero attached hydrogens (tertiary/aromatic N) is 4. The zero-order valence-electron chi connectivity index (χ0n) is 30.9. The Labute approximate surface area is 336 Å². The summed E-state index contributed by atoms with van der Waals surface area (Å²) in [4.78, 5) is 21.0. The topological polar surface area (TPSA) is 64.7 Å². The van der Waals surface area contributed by atoms with Gasteiger partial charge in [-0.15, -0.1) is 11.3 Å². The van der Waals surface area contributed by atoms with Crippen LogP contribution in [0.2, 0.25) is 0 Å². The molecule has 5 nitrogen and oxygen atoms in total. The van der Waals surface area contributed by atoms with E-state index in [-0.39, 0.29) is 0 Å². The molecule has 6 heteroatoms. The van der Waals surface area contributed by atoms with E-state index in [1.807, 2.05) is 53.8 Å². The number of hydrogen-bond acceptors (Lipinski definition) is 6. The maximum absolute atomic E-state index is 6.31. The van der Waals surface area contributed by atoms with E-state index in [1.54, 1.807) is 0 Å². The zero-order valence-corrected chi connectivity index (χ0v) is 31.7. The number of aromatic nitrogens is 4. The predicted molar refractivity (Wildman–Crippen MR) is 240 cm³/mol. The summed E-state index contributed by atoms with van der Waals surface area (Å²) in [5.74, 6) is 1.76. The smallest absolute Gasteiger partial charge is 0.164 e. The van der Waals surface area contributed by atoms with E-state index in [1.165, 1.54) is 25.6 Å². The zero-order chi connectivity index (χ0) is 38.2. The summed E-state index contributed by atoms with van der Waals surface area (Å²) in [6, 6.07) is 63.2. The van der Waals surface area contributed by atoms with E-state index in [0.29, 0.717) is 17.5 Å². The fourth-order valence-electron chi connectivity index (χ4n) is 8.42. The molecule has 270 valence electrons. The highest BCUT2D eigenvalue weighted by Gasteiger charge is 2.20. The van der Waals surface area contributed by atoms with Crippen LogP contribution in [-0.2, 0) is 0 Å². The molecule has 0 saturated heterocycles. The number of benzene rings is 8. The molecule has 0 aliphatic heterocycles. The Morgan fingerprint density at radius 2 is 0.983 bits per heavy atom. The molecule has 0 amide bonds. The molecular weight excluding hydrogens is 729 g/mol. The minimum atomic E-state index is 0.581. The lowest BCUT2D eigenvalue weighted by Crippen LogP contribution is -2.01. The Morgan fingerprint density at radius 1 is 0.345 bits per heavy atom. The number of furan rings is 1. The first-order valence-electron chi connectivity index (χ1n) is 19.3. The Balaban J connectivity index is 1.12. The summed E-state index contributed by atoms with van der Waals surface area (Å²) in [5.41, 5.74) is 9.55. The maximum atomic E-state index is 6.31. The van der Waals surface area contributed by atoms with Gasteiger partial charge in [0.25, 0.3) is 0 Å². The van der Waals surface area contributed by atoms with Gasteiger partial charge in [0, 0.05) is 69.4 Å². The molecule has 0 spiro atoms. The van der Waals surface area contributed by atoms with Crippen LogP contribution in [0.3, 0.4) is 0 Å². The van der Waals surface area contributed by atoms with Gasteiger partial charge in [0.2, 0.25) is 0 Å². The molecule has 58 heavy (non-hydrogen) atoms. The molecular formula is C52H30N4OS. The van der Waals surface area contributed by atoms with E-state index in [0.717, 1.165) is 77.3 Å². The second kappa shape index (κ2) is 13.0. The van der Waals surface area contributed by atoms with Gasteiger partial charge in [0.15, 0.2) is 17.5 Å². The summed E-state index contributed by atoms with van der Waals surface area (Å²) < 4.78 is 8.82. The van der Waals surface area contributed by atoms with Crippen molar-refractivity contribution in [1.82, 2.24) is 19.9 Å². The molecule has 0 bridgehead atoms. The highest BCUT2D eigenvalue weighted by atomic mass is 32.1. The monoisotopic (exact) mass is 758 g/mol. The average molecular weight is 759 g/mol. The van der Waals surface area contributed by atoms with E-state index < -0.39 is 0 Å². The van der Waals surface area contributed by atoms with Gasteiger partial charge in [-0.2, -0.15) is 0 Å². The normalized spacial score (nSPS) is 11.8. The molecule has 12 aromatic rings. The Hall–Kier alpha value is -7.54. The lowest BCUT2D eigenvalue weighted by Gasteiger charge is -2.13. The van der Waals surface area contributed by atoms with Crippen molar-refractivity contribution in [3.8, 4) is 56.5 Å². The van der Waals surface area contributed by atoms with Gasteiger partial charge in [0.05, 0.1) is 11.2 Å². The van der Waals surface area contributed by atoms with Crippen molar-refractivity contribution in [3.63, 3.8) is 0 Å². The minimum Gasteiger partial charge on any atom is -0.456 e. The van der Waals surface area contributed by atoms with Gasteiger partial charge in [-0.3, -0.25) is 0 Å². The third-order valence-electron chi connectivity index (χ3n) is 11.1. The third-order valence-corrected chi connectivity index (χ3v) is 12.3. The van der Waals surface area contributed by atoms with Crippen LogP contribution in [0.4, 0.5) is 0 Å². The number of fused-ring (bicyclic) bond motifs is 10. The Bertz CT molecular complexity index is 3560. The van der Waals surface area contributed by atoms with Crippen molar-refractivity contribution in [2.24, 2.45) is 0 Å². The van der Waals surface area contributed by atoms with Gasteiger partial charge in [0.1, 0.15) is 11.2 Å². The van der Waals surface area contributed by atoms with Gasteiger partial charge in [-0.1, -0.05) is 140 Å². The van der Waals surface area contributed by atoms with Crippen LogP contribution in [-0.4, -0.2) is 19.9 Å². The van der Waals surface area contributed by atoms with Crippen LogP contribution in [0.5, 0.6) is 0 Å². The van der Waals surface area contributed by atoms with Crippen molar-refractivity contribution in [1.29, 1.82) is 0 Å². The second-order valence-corrected chi connectivity index (χ2v) is 15.6. The van der Waals surface area contributed by atoms with Crippen LogP contribution in [0.25, 0.3) is 120 Å². The van der Waals surface area contributed by atoms with E-state index in [4.69, 9.17) is 24.4 Å². The van der Waals surface area contributed by atoms with Crippen molar-refractivity contribution in [3.05, 3.63) is 182 Å². The fourth-order valence-corrected chi connectivity index (χ4v) is 9.54. The van der Waals surface area contributed by atoms with E-state index >= 15 is 0 Å². The lowest BCUT2D eigenvalue weighted by atomic mass is 9.95.